The van der Waals surface area contributed by atoms with E-state index in [1.807, 2.05) is 12.1 Å². The van der Waals surface area contributed by atoms with Crippen LogP contribution in [0.15, 0.2) is 24.3 Å². The molecule has 0 amide bonds. The van der Waals surface area contributed by atoms with Gasteiger partial charge in [-0.05, 0) is 49.6 Å². The summed E-state index contributed by atoms with van der Waals surface area (Å²) in [5.74, 6) is 1.91. The van der Waals surface area contributed by atoms with Crippen molar-refractivity contribution in [2.75, 3.05) is 13.7 Å². The highest BCUT2D eigenvalue weighted by atomic mass is 16.5. The van der Waals surface area contributed by atoms with Crippen LogP contribution in [0.4, 0.5) is 0 Å². The Morgan fingerprint density at radius 2 is 2.20 bits per heavy atom. The van der Waals surface area contributed by atoms with Crippen LogP contribution in [0.1, 0.15) is 24.0 Å². The summed E-state index contributed by atoms with van der Waals surface area (Å²) in [5.41, 5.74) is 2.37. The molecule has 0 aliphatic carbocycles. The van der Waals surface area contributed by atoms with Gasteiger partial charge in [-0.15, -0.1) is 0 Å². The molecule has 2 nitrogen and oxygen atoms in total. The molecule has 1 aliphatic rings. The first-order chi connectivity index (χ1) is 7.31. The lowest BCUT2D eigenvalue weighted by Gasteiger charge is -2.17. The van der Waals surface area contributed by atoms with Crippen molar-refractivity contribution < 1.29 is 9.47 Å². The van der Waals surface area contributed by atoms with Gasteiger partial charge in [0.2, 0.25) is 0 Å². The van der Waals surface area contributed by atoms with Crippen LogP contribution in [0.25, 0.3) is 5.76 Å². The number of methoxy groups -OCH3 is 1. The number of hydrogen-bond donors (Lipinski definition) is 0. The van der Waals surface area contributed by atoms with Crippen LogP contribution in [0.3, 0.4) is 0 Å². The molecule has 0 fully saturated rings. The van der Waals surface area contributed by atoms with Crippen LogP contribution in [-0.4, -0.2) is 13.7 Å². The van der Waals surface area contributed by atoms with Crippen molar-refractivity contribution in [1.29, 1.82) is 0 Å². The van der Waals surface area contributed by atoms with Crippen molar-refractivity contribution in [3.63, 3.8) is 0 Å². The minimum absolute atomic E-state index is 0.831. The maximum absolute atomic E-state index is 5.64. The smallest absolute Gasteiger partial charge is 0.122 e. The van der Waals surface area contributed by atoms with Crippen molar-refractivity contribution in [1.82, 2.24) is 0 Å². The zero-order valence-electron chi connectivity index (χ0n) is 9.25. The quantitative estimate of drug-likeness (QED) is 0.736. The summed E-state index contributed by atoms with van der Waals surface area (Å²) in [5, 5.41) is 0. The van der Waals surface area contributed by atoms with E-state index in [4.69, 9.17) is 9.47 Å². The summed E-state index contributed by atoms with van der Waals surface area (Å²) in [6.07, 6.45) is 4.40. The normalized spacial score (nSPS) is 15.5. The lowest BCUT2D eigenvalue weighted by molar-refractivity contribution is 0.258. The molecular formula is C13H16O2. The van der Waals surface area contributed by atoms with Crippen LogP contribution >= 0.6 is 0 Å². The molecular weight excluding hydrogens is 188 g/mol. The van der Waals surface area contributed by atoms with Crippen LogP contribution < -0.4 is 4.74 Å². The Kier molecular flexibility index (Phi) is 2.95. The lowest BCUT2D eigenvalue weighted by Crippen LogP contribution is -2.01. The van der Waals surface area contributed by atoms with E-state index in [0.29, 0.717) is 0 Å². The summed E-state index contributed by atoms with van der Waals surface area (Å²) >= 11 is 0. The number of ether oxygens (including phenoxy) is 2. The molecule has 0 aromatic heterocycles. The van der Waals surface area contributed by atoms with E-state index in [-0.39, 0.29) is 0 Å². The highest BCUT2D eigenvalue weighted by molar-refractivity contribution is 5.64. The molecule has 0 saturated heterocycles. The Labute approximate surface area is 90.5 Å². The van der Waals surface area contributed by atoms with Crippen LogP contribution in [0, 0.1) is 6.92 Å². The monoisotopic (exact) mass is 204 g/mol. The number of allylic oxidation sites excluding steroid dienone is 1. The summed E-state index contributed by atoms with van der Waals surface area (Å²) in [6, 6.07) is 6.07. The van der Waals surface area contributed by atoms with Crippen molar-refractivity contribution in [3.8, 4) is 5.75 Å². The first-order valence-electron chi connectivity index (χ1n) is 5.29. The molecule has 1 aliphatic heterocycles. The maximum Gasteiger partial charge on any atom is 0.122 e. The Balaban J connectivity index is 2.32. The Morgan fingerprint density at radius 3 is 2.80 bits per heavy atom. The third-order valence-corrected chi connectivity index (χ3v) is 2.63. The number of rotatable bonds is 2. The van der Waals surface area contributed by atoms with E-state index < -0.39 is 0 Å². The predicted octanol–water partition coefficient (Wildman–Crippen LogP) is 3.15. The number of hydrogen-bond acceptors (Lipinski definition) is 2. The second-order valence-electron chi connectivity index (χ2n) is 3.74. The van der Waals surface area contributed by atoms with Crippen molar-refractivity contribution in [2.24, 2.45) is 0 Å². The van der Waals surface area contributed by atoms with Gasteiger partial charge in [0.1, 0.15) is 11.5 Å². The standard InChI is InChI=1S/C13H16O2/c1-10-9-11(14-2)6-7-12(10)13-5-3-4-8-15-13/h5-7,9H,3-4,8H2,1-2H3. The van der Waals surface area contributed by atoms with E-state index in [0.717, 1.165) is 31.0 Å². The predicted molar refractivity (Wildman–Crippen MR) is 60.9 cm³/mol. The average molecular weight is 204 g/mol. The minimum Gasteiger partial charge on any atom is -0.497 e. The van der Waals surface area contributed by atoms with Gasteiger partial charge in [0.25, 0.3) is 0 Å². The zero-order valence-corrected chi connectivity index (χ0v) is 9.25. The fourth-order valence-electron chi connectivity index (χ4n) is 1.78. The van der Waals surface area contributed by atoms with Crippen LogP contribution in [-0.2, 0) is 4.74 Å². The fraction of sp³-hybridized carbons (Fsp3) is 0.385. The van der Waals surface area contributed by atoms with E-state index in [1.165, 1.54) is 11.1 Å². The molecule has 15 heavy (non-hydrogen) atoms. The number of aryl methyl sites for hydroxylation is 1. The van der Waals surface area contributed by atoms with E-state index in [1.54, 1.807) is 7.11 Å². The molecule has 0 N–H and O–H groups in total. The Hall–Kier alpha value is -1.44. The van der Waals surface area contributed by atoms with Crippen molar-refractivity contribution >= 4 is 5.76 Å². The Morgan fingerprint density at radius 1 is 1.33 bits per heavy atom. The SMILES string of the molecule is COc1ccc(C2=CCCCO2)c(C)c1. The molecule has 0 saturated carbocycles. The molecule has 1 heterocycles. The summed E-state index contributed by atoms with van der Waals surface area (Å²) in [4.78, 5) is 0. The van der Waals surface area contributed by atoms with Gasteiger partial charge in [-0.2, -0.15) is 0 Å². The first kappa shape index (κ1) is 10.1. The molecule has 1 aromatic carbocycles. The molecule has 2 rings (SSSR count). The fourth-order valence-corrected chi connectivity index (χ4v) is 1.78. The van der Waals surface area contributed by atoms with Crippen LogP contribution in [0.5, 0.6) is 5.75 Å². The molecule has 0 bridgehead atoms. The third kappa shape index (κ3) is 2.14. The van der Waals surface area contributed by atoms with Gasteiger partial charge in [-0.3, -0.25) is 0 Å². The topological polar surface area (TPSA) is 18.5 Å². The van der Waals surface area contributed by atoms with Gasteiger partial charge in [0, 0.05) is 5.56 Å². The summed E-state index contributed by atoms with van der Waals surface area (Å²) < 4.78 is 10.8. The second kappa shape index (κ2) is 4.39. The minimum atomic E-state index is 0.831. The van der Waals surface area contributed by atoms with E-state index in [2.05, 4.69) is 19.1 Å². The van der Waals surface area contributed by atoms with Gasteiger partial charge in [0.15, 0.2) is 0 Å². The lowest BCUT2D eigenvalue weighted by atomic mass is 10.0. The van der Waals surface area contributed by atoms with Gasteiger partial charge in [0.05, 0.1) is 13.7 Å². The van der Waals surface area contributed by atoms with Gasteiger partial charge < -0.3 is 9.47 Å². The van der Waals surface area contributed by atoms with Crippen molar-refractivity contribution in [3.05, 3.63) is 35.4 Å². The van der Waals surface area contributed by atoms with Gasteiger partial charge >= 0.3 is 0 Å². The van der Waals surface area contributed by atoms with Crippen LogP contribution in [0.2, 0.25) is 0 Å². The molecule has 0 atom stereocenters. The molecule has 2 heteroatoms. The molecule has 0 unspecified atom stereocenters. The molecule has 1 aromatic rings. The molecule has 0 spiro atoms. The molecule has 80 valence electrons. The summed E-state index contributed by atoms with van der Waals surface area (Å²) in [6.45, 7) is 2.91. The largest absolute Gasteiger partial charge is 0.497 e. The zero-order chi connectivity index (χ0) is 10.7. The van der Waals surface area contributed by atoms with E-state index >= 15 is 0 Å². The third-order valence-electron chi connectivity index (χ3n) is 2.63. The summed E-state index contributed by atoms with van der Waals surface area (Å²) in [7, 11) is 1.69. The highest BCUT2D eigenvalue weighted by Crippen LogP contribution is 2.26. The van der Waals surface area contributed by atoms with Gasteiger partial charge in [-0.25, -0.2) is 0 Å². The Bertz CT molecular complexity index is 380. The average Bonchev–Trinajstić information content (AvgIpc) is 2.30. The maximum atomic E-state index is 5.64. The first-order valence-corrected chi connectivity index (χ1v) is 5.29. The number of benzene rings is 1. The second-order valence-corrected chi connectivity index (χ2v) is 3.74. The molecule has 0 radical (unpaired) electrons. The van der Waals surface area contributed by atoms with Crippen molar-refractivity contribution in [2.45, 2.75) is 19.8 Å². The van der Waals surface area contributed by atoms with E-state index in [9.17, 15) is 0 Å². The highest BCUT2D eigenvalue weighted by Gasteiger charge is 2.10. The van der Waals surface area contributed by atoms with Gasteiger partial charge in [-0.1, -0.05) is 0 Å².